The summed E-state index contributed by atoms with van der Waals surface area (Å²) in [4.78, 5) is 38.2. The molecule has 0 saturated carbocycles. The Hall–Kier alpha value is -1.63. The molecule has 7 heteroatoms. The maximum Gasteiger partial charge on any atom is 0.324 e. The number of nitrogens with zero attached hydrogens (tertiary/aromatic N) is 2. The molecular weight excluding hydrogens is 274 g/mol. The van der Waals surface area contributed by atoms with Gasteiger partial charge in [0.2, 0.25) is 5.91 Å². The van der Waals surface area contributed by atoms with E-state index < -0.39 is 17.9 Å². The number of likely N-dealkylation sites (N-methyl/N-ethyl adjacent to an activating group) is 1. The van der Waals surface area contributed by atoms with Crippen LogP contribution in [0.5, 0.6) is 0 Å². The molecule has 1 aliphatic rings. The van der Waals surface area contributed by atoms with Crippen LogP contribution < -0.4 is 5.32 Å². The molecule has 1 rings (SSSR count). The van der Waals surface area contributed by atoms with E-state index in [0.29, 0.717) is 13.1 Å². The van der Waals surface area contributed by atoms with Crippen LogP contribution in [0.2, 0.25) is 0 Å². The summed E-state index contributed by atoms with van der Waals surface area (Å²) < 4.78 is 0. The maximum atomic E-state index is 12.1. The van der Waals surface area contributed by atoms with Crippen LogP contribution in [-0.2, 0) is 9.59 Å². The number of carbonyl (C=O) groups is 3. The third kappa shape index (κ3) is 5.34. The van der Waals surface area contributed by atoms with Crippen molar-refractivity contribution < 1.29 is 19.5 Å². The van der Waals surface area contributed by atoms with Crippen LogP contribution in [0.15, 0.2) is 0 Å². The maximum absolute atomic E-state index is 12.1. The summed E-state index contributed by atoms with van der Waals surface area (Å²) in [6, 6.07) is 0.0791. The highest BCUT2D eigenvalue weighted by atomic mass is 16.4. The topological polar surface area (TPSA) is 89.9 Å². The number of carboxylic acids is 1. The zero-order valence-electron chi connectivity index (χ0n) is 13.1. The van der Waals surface area contributed by atoms with Crippen molar-refractivity contribution in [2.45, 2.75) is 45.7 Å². The Bertz CT molecular complexity index is 401. The number of aliphatic carboxylic acids is 1. The van der Waals surface area contributed by atoms with Gasteiger partial charge in [0.1, 0.15) is 0 Å². The zero-order valence-corrected chi connectivity index (χ0v) is 13.1. The van der Waals surface area contributed by atoms with Crippen LogP contribution in [0.25, 0.3) is 0 Å². The first kappa shape index (κ1) is 17.4. The van der Waals surface area contributed by atoms with Gasteiger partial charge in [0.05, 0.1) is 0 Å². The van der Waals surface area contributed by atoms with Gasteiger partial charge >= 0.3 is 12.0 Å². The number of piperazine rings is 1. The minimum absolute atomic E-state index is 0.0386. The van der Waals surface area contributed by atoms with E-state index in [9.17, 15) is 14.4 Å². The van der Waals surface area contributed by atoms with Gasteiger partial charge in [0.15, 0.2) is 0 Å². The van der Waals surface area contributed by atoms with Crippen LogP contribution in [-0.4, -0.2) is 65.0 Å². The highest BCUT2D eigenvalue weighted by Crippen LogP contribution is 2.13. The molecule has 120 valence electrons. The Morgan fingerprint density at radius 3 is 2.19 bits per heavy atom. The summed E-state index contributed by atoms with van der Waals surface area (Å²) in [6.07, 6.45) is -0.0406. The molecule has 0 spiro atoms. The number of carbonyl (C=O) groups excluding carboxylic acids is 2. The van der Waals surface area contributed by atoms with Gasteiger partial charge in [0, 0.05) is 38.0 Å². The first-order valence-corrected chi connectivity index (χ1v) is 7.23. The van der Waals surface area contributed by atoms with Crippen molar-refractivity contribution in [3.8, 4) is 0 Å². The number of amides is 3. The molecule has 7 nitrogen and oxygen atoms in total. The Morgan fingerprint density at radius 1 is 1.19 bits per heavy atom. The third-order valence-corrected chi connectivity index (χ3v) is 3.95. The number of carboxylic acid groups (broad SMARTS) is 1. The molecule has 0 bridgehead atoms. The van der Waals surface area contributed by atoms with E-state index in [2.05, 4.69) is 10.2 Å². The summed E-state index contributed by atoms with van der Waals surface area (Å²) in [5.41, 5.74) is 0. The van der Waals surface area contributed by atoms with Crippen LogP contribution in [0.3, 0.4) is 0 Å². The molecule has 2 N–H and O–H groups in total. The van der Waals surface area contributed by atoms with Crippen LogP contribution in [0.4, 0.5) is 4.79 Å². The van der Waals surface area contributed by atoms with E-state index in [-0.39, 0.29) is 30.8 Å². The fraction of sp³-hybridized carbons (Fsp3) is 0.786. The van der Waals surface area contributed by atoms with E-state index in [1.54, 1.807) is 11.8 Å². The van der Waals surface area contributed by atoms with Crippen molar-refractivity contribution in [3.63, 3.8) is 0 Å². The number of hydrogen-bond donors (Lipinski definition) is 2. The molecule has 1 saturated heterocycles. The number of nitrogens with one attached hydrogen (secondary N) is 1. The quantitative estimate of drug-likeness (QED) is 0.799. The van der Waals surface area contributed by atoms with Crippen molar-refractivity contribution in [1.29, 1.82) is 0 Å². The summed E-state index contributed by atoms with van der Waals surface area (Å²) in [7, 11) is 2.02. The second kappa shape index (κ2) is 7.40. The predicted octanol–water partition coefficient (Wildman–Crippen LogP) is 0.748. The Morgan fingerprint density at radius 2 is 1.71 bits per heavy atom. The predicted molar refractivity (Wildman–Crippen MR) is 77.8 cm³/mol. The average molecular weight is 299 g/mol. The molecule has 3 unspecified atom stereocenters. The summed E-state index contributed by atoms with van der Waals surface area (Å²) >= 11 is 0. The van der Waals surface area contributed by atoms with Crippen molar-refractivity contribution in [2.24, 2.45) is 5.92 Å². The van der Waals surface area contributed by atoms with Crippen LogP contribution >= 0.6 is 0 Å². The SMILES string of the molecule is CC(CC(=O)O)CC(=O)NC(=O)N1CC(C)N(C)C(C)C1. The number of urea groups is 1. The first-order valence-electron chi connectivity index (χ1n) is 7.23. The largest absolute Gasteiger partial charge is 0.481 e. The van der Waals surface area contributed by atoms with Crippen molar-refractivity contribution in [3.05, 3.63) is 0 Å². The van der Waals surface area contributed by atoms with E-state index in [1.807, 2.05) is 20.9 Å². The van der Waals surface area contributed by atoms with Crippen LogP contribution in [0.1, 0.15) is 33.6 Å². The summed E-state index contributed by atoms with van der Waals surface area (Å²) in [5, 5.41) is 11.0. The van der Waals surface area contributed by atoms with Crippen molar-refractivity contribution in [2.75, 3.05) is 20.1 Å². The molecule has 0 aromatic heterocycles. The molecular formula is C14H25N3O4. The van der Waals surface area contributed by atoms with Crippen molar-refractivity contribution in [1.82, 2.24) is 15.1 Å². The average Bonchev–Trinajstić information content (AvgIpc) is 2.33. The molecule has 0 aliphatic carbocycles. The minimum atomic E-state index is -0.941. The van der Waals surface area contributed by atoms with E-state index >= 15 is 0 Å². The van der Waals surface area contributed by atoms with Gasteiger partial charge in [-0.1, -0.05) is 6.92 Å². The van der Waals surface area contributed by atoms with Gasteiger partial charge < -0.3 is 10.0 Å². The number of rotatable bonds is 4. The zero-order chi connectivity index (χ0) is 16.2. The molecule has 3 atom stereocenters. The molecule has 0 aromatic rings. The molecule has 3 amide bonds. The fourth-order valence-electron chi connectivity index (χ4n) is 2.51. The summed E-state index contributed by atoms with van der Waals surface area (Å²) in [5.74, 6) is -1.66. The monoisotopic (exact) mass is 299 g/mol. The molecule has 1 fully saturated rings. The Kier molecular flexibility index (Phi) is 6.14. The van der Waals surface area contributed by atoms with E-state index in [1.165, 1.54) is 0 Å². The van der Waals surface area contributed by atoms with Crippen molar-refractivity contribution >= 4 is 17.9 Å². The highest BCUT2D eigenvalue weighted by Gasteiger charge is 2.30. The van der Waals surface area contributed by atoms with E-state index in [4.69, 9.17) is 5.11 Å². The number of hydrogen-bond acceptors (Lipinski definition) is 4. The normalized spacial score (nSPS) is 24.5. The molecule has 0 radical (unpaired) electrons. The lowest BCUT2D eigenvalue weighted by Gasteiger charge is -2.42. The van der Waals surface area contributed by atoms with Gasteiger partial charge in [-0.25, -0.2) is 4.79 Å². The Labute approximate surface area is 125 Å². The second-order valence-corrected chi connectivity index (χ2v) is 6.03. The lowest BCUT2D eigenvalue weighted by molar-refractivity contribution is -0.138. The standard InChI is InChI=1S/C14H25N3O4/c1-9(6-13(19)20)5-12(18)15-14(21)17-7-10(2)16(4)11(3)8-17/h9-11H,5-8H2,1-4H3,(H,19,20)(H,15,18,21). The Balaban J connectivity index is 2.46. The van der Waals surface area contributed by atoms with Gasteiger partial charge in [-0.05, 0) is 26.8 Å². The molecule has 0 aromatic carbocycles. The van der Waals surface area contributed by atoms with E-state index in [0.717, 1.165) is 0 Å². The van der Waals surface area contributed by atoms with Gasteiger partial charge in [-0.3, -0.25) is 19.8 Å². The minimum Gasteiger partial charge on any atom is -0.481 e. The second-order valence-electron chi connectivity index (χ2n) is 6.03. The first-order chi connectivity index (χ1) is 9.70. The number of imide groups is 1. The lowest BCUT2D eigenvalue weighted by atomic mass is 10.0. The molecule has 1 aliphatic heterocycles. The fourth-order valence-corrected chi connectivity index (χ4v) is 2.51. The lowest BCUT2D eigenvalue weighted by Crippen LogP contribution is -2.58. The highest BCUT2D eigenvalue weighted by molar-refractivity contribution is 5.94. The molecule has 1 heterocycles. The van der Waals surface area contributed by atoms with Gasteiger partial charge in [-0.15, -0.1) is 0 Å². The van der Waals surface area contributed by atoms with Gasteiger partial charge in [0.25, 0.3) is 0 Å². The smallest absolute Gasteiger partial charge is 0.324 e. The molecule has 21 heavy (non-hydrogen) atoms. The third-order valence-electron chi connectivity index (χ3n) is 3.95. The van der Waals surface area contributed by atoms with Crippen LogP contribution in [0, 0.1) is 5.92 Å². The summed E-state index contributed by atoms with van der Waals surface area (Å²) in [6.45, 7) is 6.90. The van der Waals surface area contributed by atoms with Gasteiger partial charge in [-0.2, -0.15) is 0 Å².